The Morgan fingerprint density at radius 3 is 2.88 bits per heavy atom. The first-order valence-corrected chi connectivity index (χ1v) is 5.01. The SMILES string of the molecule is FC1Oc2cc3[nH]c(S)nc3cc2OC1(F)F. The van der Waals surface area contributed by atoms with Crippen LogP contribution in [0.2, 0.25) is 0 Å². The van der Waals surface area contributed by atoms with Crippen LogP contribution in [0.4, 0.5) is 13.2 Å². The lowest BCUT2D eigenvalue weighted by Gasteiger charge is -2.28. The molecule has 0 bridgehead atoms. The molecule has 0 spiro atoms. The number of rotatable bonds is 0. The molecule has 90 valence electrons. The maximum Gasteiger partial charge on any atom is 0.468 e. The molecule has 1 aromatic heterocycles. The lowest BCUT2D eigenvalue weighted by Crippen LogP contribution is -2.43. The quantitative estimate of drug-likeness (QED) is 0.717. The summed E-state index contributed by atoms with van der Waals surface area (Å²) in [6.07, 6.45) is -6.83. The molecular formula is C9H5F3N2O2S. The maximum absolute atomic E-state index is 12.9. The summed E-state index contributed by atoms with van der Waals surface area (Å²) in [6.45, 7) is 0. The van der Waals surface area contributed by atoms with Crippen LogP contribution in [-0.4, -0.2) is 22.4 Å². The minimum absolute atomic E-state index is 0.104. The van der Waals surface area contributed by atoms with Crippen molar-refractivity contribution in [3.63, 3.8) is 0 Å². The minimum Gasteiger partial charge on any atom is -0.447 e. The molecule has 0 fully saturated rings. The highest BCUT2D eigenvalue weighted by Crippen LogP contribution is 2.42. The van der Waals surface area contributed by atoms with Crippen molar-refractivity contribution in [1.82, 2.24) is 9.97 Å². The van der Waals surface area contributed by atoms with E-state index in [1.807, 2.05) is 0 Å². The Balaban J connectivity index is 2.16. The fourth-order valence-electron chi connectivity index (χ4n) is 1.55. The van der Waals surface area contributed by atoms with Gasteiger partial charge in [-0.25, -0.2) is 4.98 Å². The molecule has 2 heterocycles. The Morgan fingerprint density at radius 1 is 1.35 bits per heavy atom. The molecule has 0 aliphatic carbocycles. The average molecular weight is 262 g/mol. The summed E-state index contributed by atoms with van der Waals surface area (Å²) in [4.78, 5) is 6.67. The van der Waals surface area contributed by atoms with Crippen molar-refractivity contribution in [2.24, 2.45) is 0 Å². The molecule has 0 saturated heterocycles. The molecule has 1 aromatic carbocycles. The van der Waals surface area contributed by atoms with Gasteiger partial charge in [-0.1, -0.05) is 0 Å². The highest BCUT2D eigenvalue weighted by atomic mass is 32.1. The summed E-state index contributed by atoms with van der Waals surface area (Å²) in [5, 5.41) is 0.311. The molecule has 3 rings (SSSR count). The summed E-state index contributed by atoms with van der Waals surface area (Å²) < 4.78 is 47.4. The maximum atomic E-state index is 12.9. The van der Waals surface area contributed by atoms with Crippen molar-refractivity contribution in [2.45, 2.75) is 17.6 Å². The molecule has 0 radical (unpaired) electrons. The summed E-state index contributed by atoms with van der Waals surface area (Å²) >= 11 is 3.97. The van der Waals surface area contributed by atoms with E-state index in [0.717, 1.165) is 0 Å². The zero-order valence-electron chi connectivity index (χ0n) is 8.08. The Labute approximate surface area is 98.1 Å². The predicted molar refractivity (Wildman–Crippen MR) is 54.4 cm³/mol. The van der Waals surface area contributed by atoms with E-state index in [2.05, 4.69) is 32.1 Å². The monoisotopic (exact) mass is 262 g/mol. The van der Waals surface area contributed by atoms with Crippen LogP contribution in [0, 0.1) is 0 Å². The Bertz CT molecular complexity index is 601. The topological polar surface area (TPSA) is 47.1 Å². The van der Waals surface area contributed by atoms with Crippen molar-refractivity contribution in [2.75, 3.05) is 0 Å². The largest absolute Gasteiger partial charge is 0.468 e. The van der Waals surface area contributed by atoms with E-state index in [-0.39, 0.29) is 11.5 Å². The number of ether oxygens (including phenoxy) is 2. The van der Waals surface area contributed by atoms with Gasteiger partial charge >= 0.3 is 12.5 Å². The highest BCUT2D eigenvalue weighted by Gasteiger charge is 2.49. The lowest BCUT2D eigenvalue weighted by molar-refractivity contribution is -0.281. The van der Waals surface area contributed by atoms with Crippen LogP contribution in [0.15, 0.2) is 17.3 Å². The number of alkyl halides is 3. The third-order valence-corrected chi connectivity index (χ3v) is 2.49. The van der Waals surface area contributed by atoms with Gasteiger partial charge in [0, 0.05) is 12.1 Å². The molecule has 1 aliphatic heterocycles. The van der Waals surface area contributed by atoms with E-state index in [9.17, 15) is 13.2 Å². The summed E-state index contributed by atoms with van der Waals surface area (Å²) in [5.74, 6) is -0.357. The number of imidazole rings is 1. The van der Waals surface area contributed by atoms with Crippen molar-refractivity contribution in [3.05, 3.63) is 12.1 Å². The highest BCUT2D eigenvalue weighted by molar-refractivity contribution is 7.80. The van der Waals surface area contributed by atoms with Gasteiger partial charge in [-0.3, -0.25) is 0 Å². The second-order valence-corrected chi connectivity index (χ2v) is 3.90. The summed E-state index contributed by atoms with van der Waals surface area (Å²) in [7, 11) is 0. The molecule has 2 aromatic rings. The van der Waals surface area contributed by atoms with Gasteiger partial charge in [-0.15, -0.1) is 12.6 Å². The van der Waals surface area contributed by atoms with E-state index >= 15 is 0 Å². The zero-order chi connectivity index (χ0) is 12.2. The second-order valence-electron chi connectivity index (χ2n) is 3.47. The number of aromatic amines is 1. The van der Waals surface area contributed by atoms with Gasteiger partial charge in [0.05, 0.1) is 11.0 Å². The smallest absolute Gasteiger partial charge is 0.447 e. The minimum atomic E-state index is -4.00. The number of fused-ring (bicyclic) bond motifs is 2. The number of H-pyrrole nitrogens is 1. The standard InChI is InChI=1S/C9H5F3N2O2S/c10-7-9(11,12)16-6-2-4-3(1-5(6)15-7)13-8(17)14-4/h1-2,7H,(H2,13,14,17). The van der Waals surface area contributed by atoms with Crippen LogP contribution in [0.5, 0.6) is 11.5 Å². The van der Waals surface area contributed by atoms with Gasteiger partial charge in [-0.05, 0) is 0 Å². The molecule has 1 N–H and O–H groups in total. The van der Waals surface area contributed by atoms with Crippen LogP contribution >= 0.6 is 12.6 Å². The van der Waals surface area contributed by atoms with Gasteiger partial charge in [0.1, 0.15) is 0 Å². The van der Waals surface area contributed by atoms with E-state index < -0.39 is 12.5 Å². The van der Waals surface area contributed by atoms with Gasteiger partial charge in [0.2, 0.25) is 0 Å². The number of nitrogens with one attached hydrogen (secondary N) is 1. The van der Waals surface area contributed by atoms with E-state index in [0.29, 0.717) is 16.2 Å². The number of benzene rings is 1. The number of hydrogen-bond donors (Lipinski definition) is 2. The first kappa shape index (κ1) is 10.6. The fraction of sp³-hybridized carbons (Fsp3) is 0.222. The van der Waals surface area contributed by atoms with E-state index in [1.165, 1.54) is 12.1 Å². The molecule has 1 unspecified atom stereocenters. The molecule has 1 aliphatic rings. The average Bonchev–Trinajstić information content (AvgIpc) is 2.55. The third kappa shape index (κ3) is 1.59. The molecule has 1 atom stereocenters. The van der Waals surface area contributed by atoms with Crippen molar-refractivity contribution < 1.29 is 22.6 Å². The van der Waals surface area contributed by atoms with E-state index in [1.54, 1.807) is 0 Å². The predicted octanol–water partition coefficient (Wildman–Crippen LogP) is 2.51. The number of nitrogens with zero attached hydrogens (tertiary/aromatic N) is 1. The molecule has 0 saturated carbocycles. The summed E-state index contributed by atoms with van der Waals surface area (Å²) in [5.41, 5.74) is 0.875. The summed E-state index contributed by atoms with van der Waals surface area (Å²) in [6, 6.07) is 2.57. The number of halogens is 3. The van der Waals surface area contributed by atoms with Gasteiger partial charge in [0.25, 0.3) is 0 Å². The Morgan fingerprint density at radius 2 is 2.12 bits per heavy atom. The molecule has 17 heavy (non-hydrogen) atoms. The van der Waals surface area contributed by atoms with Gasteiger partial charge < -0.3 is 14.5 Å². The first-order chi connectivity index (χ1) is 7.95. The zero-order valence-corrected chi connectivity index (χ0v) is 8.97. The van der Waals surface area contributed by atoms with Crippen LogP contribution in [0.25, 0.3) is 11.0 Å². The lowest BCUT2D eigenvalue weighted by atomic mass is 10.2. The van der Waals surface area contributed by atoms with Crippen LogP contribution in [-0.2, 0) is 0 Å². The molecule has 8 heteroatoms. The van der Waals surface area contributed by atoms with Crippen LogP contribution in [0.3, 0.4) is 0 Å². The van der Waals surface area contributed by atoms with E-state index in [4.69, 9.17) is 0 Å². The van der Waals surface area contributed by atoms with Crippen molar-refractivity contribution in [1.29, 1.82) is 0 Å². The number of aromatic nitrogens is 2. The normalized spacial score (nSPS) is 21.8. The van der Waals surface area contributed by atoms with Crippen LogP contribution < -0.4 is 9.47 Å². The third-order valence-electron chi connectivity index (χ3n) is 2.28. The van der Waals surface area contributed by atoms with Gasteiger partial charge in [-0.2, -0.15) is 13.2 Å². The van der Waals surface area contributed by atoms with Gasteiger partial charge in [0.15, 0.2) is 16.7 Å². The Kier molecular flexibility index (Phi) is 2.00. The molecule has 4 nitrogen and oxygen atoms in total. The number of hydrogen-bond acceptors (Lipinski definition) is 4. The van der Waals surface area contributed by atoms with Crippen molar-refractivity contribution in [3.8, 4) is 11.5 Å². The first-order valence-electron chi connectivity index (χ1n) is 4.56. The van der Waals surface area contributed by atoms with Crippen LogP contribution in [0.1, 0.15) is 0 Å². The second kappa shape index (κ2) is 3.22. The molecule has 0 amide bonds. The molecular weight excluding hydrogens is 257 g/mol. The Hall–Kier alpha value is -1.57. The fourth-order valence-corrected chi connectivity index (χ4v) is 1.78. The van der Waals surface area contributed by atoms with Crippen molar-refractivity contribution >= 4 is 23.7 Å². The number of thiol groups is 1.